The van der Waals surface area contributed by atoms with Gasteiger partial charge in [-0.3, -0.25) is 0 Å². The van der Waals surface area contributed by atoms with Gasteiger partial charge in [-0.05, 0) is 19.8 Å². The van der Waals surface area contributed by atoms with Crippen LogP contribution in [0.15, 0.2) is 0 Å². The molecule has 0 saturated heterocycles. The standard InChI is InChI=1S/C13H25N5O/c1-5-10(19)6-7-15-12-9(4)13(18-14)17-11(16-12)8(2)3/h8,10,19H,5-7,14H2,1-4H3,(H2,15,16,17,18). The summed E-state index contributed by atoms with van der Waals surface area (Å²) in [6.07, 6.45) is 1.19. The number of hydrazine groups is 1. The Morgan fingerprint density at radius 2 is 1.89 bits per heavy atom. The number of nitrogens with two attached hydrogens (primary N) is 1. The van der Waals surface area contributed by atoms with Crippen molar-refractivity contribution in [2.24, 2.45) is 5.84 Å². The summed E-state index contributed by atoms with van der Waals surface area (Å²) >= 11 is 0. The number of hydrogen-bond donors (Lipinski definition) is 4. The molecule has 0 spiro atoms. The second-order valence-electron chi connectivity index (χ2n) is 4.98. The number of aliphatic hydroxyl groups excluding tert-OH is 1. The quantitative estimate of drug-likeness (QED) is 0.444. The van der Waals surface area contributed by atoms with Crippen molar-refractivity contribution in [3.8, 4) is 0 Å². The van der Waals surface area contributed by atoms with E-state index in [9.17, 15) is 5.11 Å². The third kappa shape index (κ3) is 4.33. The SMILES string of the molecule is CCC(O)CCNc1nc(C(C)C)nc(NN)c1C. The minimum absolute atomic E-state index is 0.231. The number of hydrogen-bond acceptors (Lipinski definition) is 6. The van der Waals surface area contributed by atoms with E-state index in [1.54, 1.807) is 0 Å². The van der Waals surface area contributed by atoms with Crippen LogP contribution >= 0.6 is 0 Å². The first kappa shape index (κ1) is 15.7. The Balaban J connectivity index is 2.83. The Bertz CT molecular complexity index is 408. The van der Waals surface area contributed by atoms with Crippen molar-refractivity contribution in [3.63, 3.8) is 0 Å². The largest absolute Gasteiger partial charge is 0.393 e. The van der Waals surface area contributed by atoms with Crippen LogP contribution in [0.4, 0.5) is 11.6 Å². The van der Waals surface area contributed by atoms with Gasteiger partial charge in [0.1, 0.15) is 17.5 Å². The van der Waals surface area contributed by atoms with Crippen molar-refractivity contribution in [2.75, 3.05) is 17.3 Å². The van der Waals surface area contributed by atoms with Crippen LogP contribution in [0.3, 0.4) is 0 Å². The topological polar surface area (TPSA) is 96.1 Å². The number of nitrogens with zero attached hydrogens (tertiary/aromatic N) is 2. The molecule has 1 rings (SSSR count). The van der Waals surface area contributed by atoms with Crippen molar-refractivity contribution in [1.82, 2.24) is 9.97 Å². The first-order chi connectivity index (χ1) is 8.99. The lowest BCUT2D eigenvalue weighted by Crippen LogP contribution is -2.17. The summed E-state index contributed by atoms with van der Waals surface area (Å²) in [6.45, 7) is 8.63. The predicted octanol–water partition coefficient (Wildman–Crippen LogP) is 1.77. The zero-order valence-corrected chi connectivity index (χ0v) is 12.2. The van der Waals surface area contributed by atoms with Gasteiger partial charge in [-0.25, -0.2) is 15.8 Å². The van der Waals surface area contributed by atoms with Crippen LogP contribution in [0.2, 0.25) is 0 Å². The second-order valence-corrected chi connectivity index (χ2v) is 4.98. The number of anilines is 2. The molecule has 1 heterocycles. The molecule has 1 aromatic rings. The molecule has 0 saturated carbocycles. The molecule has 6 heteroatoms. The van der Waals surface area contributed by atoms with Crippen LogP contribution in [0, 0.1) is 6.92 Å². The fourth-order valence-corrected chi connectivity index (χ4v) is 1.67. The number of aromatic nitrogens is 2. The molecule has 6 nitrogen and oxygen atoms in total. The maximum absolute atomic E-state index is 9.54. The first-order valence-corrected chi connectivity index (χ1v) is 6.76. The lowest BCUT2D eigenvalue weighted by molar-refractivity contribution is 0.164. The molecule has 1 aromatic heterocycles. The molecule has 0 amide bonds. The van der Waals surface area contributed by atoms with E-state index in [1.807, 2.05) is 27.7 Å². The van der Waals surface area contributed by atoms with E-state index in [2.05, 4.69) is 20.7 Å². The predicted molar refractivity (Wildman–Crippen MR) is 78.1 cm³/mol. The number of nitrogens with one attached hydrogen (secondary N) is 2. The third-order valence-corrected chi connectivity index (χ3v) is 3.06. The minimum atomic E-state index is -0.272. The number of rotatable bonds is 7. The zero-order chi connectivity index (χ0) is 14.4. The molecule has 1 unspecified atom stereocenters. The summed E-state index contributed by atoms with van der Waals surface area (Å²) in [6, 6.07) is 0. The van der Waals surface area contributed by atoms with Crippen molar-refractivity contribution in [2.45, 2.75) is 52.6 Å². The van der Waals surface area contributed by atoms with Gasteiger partial charge in [-0.2, -0.15) is 0 Å². The molecule has 1 atom stereocenters. The highest BCUT2D eigenvalue weighted by molar-refractivity contribution is 5.56. The summed E-state index contributed by atoms with van der Waals surface area (Å²) in [7, 11) is 0. The zero-order valence-electron chi connectivity index (χ0n) is 12.2. The second kappa shape index (κ2) is 7.25. The van der Waals surface area contributed by atoms with Crippen LogP contribution in [-0.4, -0.2) is 27.7 Å². The van der Waals surface area contributed by atoms with Crippen molar-refractivity contribution in [3.05, 3.63) is 11.4 Å². The molecular weight excluding hydrogens is 242 g/mol. The van der Waals surface area contributed by atoms with Crippen LogP contribution in [0.25, 0.3) is 0 Å². The van der Waals surface area contributed by atoms with Gasteiger partial charge in [0.25, 0.3) is 0 Å². The van der Waals surface area contributed by atoms with Gasteiger partial charge in [-0.1, -0.05) is 20.8 Å². The molecule has 5 N–H and O–H groups in total. The Morgan fingerprint density at radius 1 is 1.26 bits per heavy atom. The Kier molecular flexibility index (Phi) is 5.98. The highest BCUT2D eigenvalue weighted by Crippen LogP contribution is 2.22. The normalized spacial score (nSPS) is 12.6. The maximum Gasteiger partial charge on any atom is 0.148 e. The van der Waals surface area contributed by atoms with Gasteiger partial charge in [0.2, 0.25) is 0 Å². The van der Waals surface area contributed by atoms with Crippen LogP contribution in [0.1, 0.15) is 50.9 Å². The molecule has 19 heavy (non-hydrogen) atoms. The van der Waals surface area contributed by atoms with Gasteiger partial charge in [0, 0.05) is 18.0 Å². The summed E-state index contributed by atoms with van der Waals surface area (Å²) in [5.41, 5.74) is 3.49. The van der Waals surface area contributed by atoms with E-state index in [4.69, 9.17) is 5.84 Å². The van der Waals surface area contributed by atoms with E-state index in [0.29, 0.717) is 18.8 Å². The van der Waals surface area contributed by atoms with E-state index in [-0.39, 0.29) is 12.0 Å². The van der Waals surface area contributed by atoms with E-state index in [0.717, 1.165) is 23.6 Å². The average molecular weight is 267 g/mol. The van der Waals surface area contributed by atoms with Crippen LogP contribution in [0.5, 0.6) is 0 Å². The summed E-state index contributed by atoms with van der Waals surface area (Å²) < 4.78 is 0. The highest BCUT2D eigenvalue weighted by Gasteiger charge is 2.12. The highest BCUT2D eigenvalue weighted by atomic mass is 16.3. The number of aliphatic hydroxyl groups is 1. The minimum Gasteiger partial charge on any atom is -0.393 e. The fourth-order valence-electron chi connectivity index (χ4n) is 1.67. The summed E-state index contributed by atoms with van der Waals surface area (Å²) in [5.74, 6) is 7.87. The molecular formula is C13H25N5O. The molecule has 0 aliphatic carbocycles. The molecule has 0 bridgehead atoms. The summed E-state index contributed by atoms with van der Waals surface area (Å²) in [5, 5.41) is 12.8. The molecule has 0 aliphatic heterocycles. The van der Waals surface area contributed by atoms with Gasteiger partial charge < -0.3 is 15.8 Å². The molecule has 0 fully saturated rings. The average Bonchev–Trinajstić information content (AvgIpc) is 2.40. The lowest BCUT2D eigenvalue weighted by Gasteiger charge is -2.15. The fraction of sp³-hybridized carbons (Fsp3) is 0.692. The van der Waals surface area contributed by atoms with E-state index >= 15 is 0 Å². The molecule has 0 aromatic carbocycles. The van der Waals surface area contributed by atoms with Crippen molar-refractivity contribution < 1.29 is 5.11 Å². The first-order valence-electron chi connectivity index (χ1n) is 6.76. The van der Waals surface area contributed by atoms with Gasteiger partial charge in [0.05, 0.1) is 6.10 Å². The maximum atomic E-state index is 9.54. The van der Waals surface area contributed by atoms with Crippen LogP contribution in [-0.2, 0) is 0 Å². The van der Waals surface area contributed by atoms with E-state index in [1.165, 1.54) is 0 Å². The van der Waals surface area contributed by atoms with Gasteiger partial charge in [0.15, 0.2) is 0 Å². The molecule has 108 valence electrons. The van der Waals surface area contributed by atoms with Crippen molar-refractivity contribution >= 4 is 11.6 Å². The summed E-state index contributed by atoms with van der Waals surface area (Å²) in [4.78, 5) is 8.88. The van der Waals surface area contributed by atoms with Gasteiger partial charge >= 0.3 is 0 Å². The van der Waals surface area contributed by atoms with E-state index < -0.39 is 0 Å². The third-order valence-electron chi connectivity index (χ3n) is 3.06. The molecule has 0 radical (unpaired) electrons. The van der Waals surface area contributed by atoms with Crippen molar-refractivity contribution in [1.29, 1.82) is 0 Å². The smallest absolute Gasteiger partial charge is 0.148 e. The monoisotopic (exact) mass is 267 g/mol. The lowest BCUT2D eigenvalue weighted by atomic mass is 10.2. The molecule has 0 aliphatic rings. The Morgan fingerprint density at radius 3 is 2.42 bits per heavy atom. The van der Waals surface area contributed by atoms with Crippen LogP contribution < -0.4 is 16.6 Å². The Labute approximate surface area is 114 Å². The Hall–Kier alpha value is -1.40. The number of nitrogen functional groups attached to an aromatic ring is 1. The van der Waals surface area contributed by atoms with Gasteiger partial charge in [-0.15, -0.1) is 0 Å².